The van der Waals surface area contributed by atoms with Crippen LogP contribution in [0.3, 0.4) is 0 Å². The zero-order valence-corrected chi connectivity index (χ0v) is 12.5. The van der Waals surface area contributed by atoms with E-state index in [0.29, 0.717) is 23.9 Å². The summed E-state index contributed by atoms with van der Waals surface area (Å²) in [6, 6.07) is 4.24. The van der Waals surface area contributed by atoms with Crippen molar-refractivity contribution in [3.8, 4) is 0 Å². The Morgan fingerprint density at radius 1 is 1.30 bits per heavy atom. The van der Waals surface area contributed by atoms with Gasteiger partial charge in [0.2, 0.25) is 0 Å². The maximum absolute atomic E-state index is 13.8. The molecule has 112 valence electrons. The molecule has 1 aromatic rings. The van der Waals surface area contributed by atoms with Crippen molar-refractivity contribution in [3.63, 3.8) is 0 Å². The normalized spacial score (nSPS) is 24.0. The molecule has 1 saturated carbocycles. The summed E-state index contributed by atoms with van der Waals surface area (Å²) in [4.78, 5) is 0. The summed E-state index contributed by atoms with van der Waals surface area (Å²) in [5.41, 5.74) is 0.625. The molecule has 1 fully saturated rings. The van der Waals surface area contributed by atoms with Crippen molar-refractivity contribution in [2.75, 3.05) is 6.54 Å². The second kappa shape index (κ2) is 7.16. The van der Waals surface area contributed by atoms with Gasteiger partial charge in [0.1, 0.15) is 11.6 Å². The Bertz CT molecular complexity index is 433. The van der Waals surface area contributed by atoms with Gasteiger partial charge in [-0.2, -0.15) is 0 Å². The van der Waals surface area contributed by atoms with E-state index in [1.165, 1.54) is 25.3 Å². The molecule has 1 nitrogen and oxygen atoms in total. The lowest BCUT2D eigenvalue weighted by Crippen LogP contribution is -2.38. The van der Waals surface area contributed by atoms with Gasteiger partial charge in [0, 0.05) is 12.1 Å². The van der Waals surface area contributed by atoms with E-state index < -0.39 is 11.6 Å². The Labute approximate surface area is 120 Å². The number of nitrogens with one attached hydrogen (secondary N) is 1. The van der Waals surface area contributed by atoms with Crippen LogP contribution in [0.15, 0.2) is 18.2 Å². The molecule has 0 aromatic heterocycles. The quantitative estimate of drug-likeness (QED) is 0.819. The molecule has 20 heavy (non-hydrogen) atoms. The second-order valence-corrected chi connectivity index (χ2v) is 6.18. The molecule has 1 aliphatic carbocycles. The highest BCUT2D eigenvalue weighted by molar-refractivity contribution is 5.20. The number of halogens is 2. The van der Waals surface area contributed by atoms with Gasteiger partial charge >= 0.3 is 0 Å². The molecule has 0 amide bonds. The smallest absolute Gasteiger partial charge is 0.129 e. The van der Waals surface area contributed by atoms with E-state index in [1.807, 2.05) is 0 Å². The summed E-state index contributed by atoms with van der Waals surface area (Å²) in [6.45, 7) is 5.38. The van der Waals surface area contributed by atoms with Crippen LogP contribution in [0.2, 0.25) is 0 Å². The standard InChI is InChI=1S/C17H25F2N/c1-3-8-20-17(14-5-4-12(2)9-14)10-13-6-7-15(18)11-16(13)19/h6-7,11-12,14,17,20H,3-5,8-10H2,1-2H3. The lowest BCUT2D eigenvalue weighted by Gasteiger charge is -2.25. The number of benzene rings is 1. The molecule has 0 saturated heterocycles. The highest BCUT2D eigenvalue weighted by atomic mass is 19.1. The third-order valence-corrected chi connectivity index (χ3v) is 4.42. The zero-order valence-electron chi connectivity index (χ0n) is 12.5. The lowest BCUT2D eigenvalue weighted by atomic mass is 9.91. The Hall–Kier alpha value is -0.960. The van der Waals surface area contributed by atoms with E-state index in [9.17, 15) is 8.78 Å². The van der Waals surface area contributed by atoms with Crippen molar-refractivity contribution < 1.29 is 8.78 Å². The fourth-order valence-corrected chi connectivity index (χ4v) is 3.28. The molecule has 2 rings (SSSR count). The van der Waals surface area contributed by atoms with E-state index in [4.69, 9.17) is 0 Å². The summed E-state index contributed by atoms with van der Waals surface area (Å²) < 4.78 is 26.8. The number of hydrogen-bond acceptors (Lipinski definition) is 1. The van der Waals surface area contributed by atoms with E-state index in [2.05, 4.69) is 19.2 Å². The average molecular weight is 281 g/mol. The van der Waals surface area contributed by atoms with Crippen molar-refractivity contribution in [1.82, 2.24) is 5.32 Å². The molecule has 0 heterocycles. The van der Waals surface area contributed by atoms with Crippen LogP contribution in [0.1, 0.15) is 45.1 Å². The van der Waals surface area contributed by atoms with E-state index in [-0.39, 0.29) is 0 Å². The number of rotatable bonds is 6. The molecule has 0 spiro atoms. The molecule has 0 bridgehead atoms. The van der Waals surface area contributed by atoms with Crippen molar-refractivity contribution in [3.05, 3.63) is 35.4 Å². The van der Waals surface area contributed by atoms with Gasteiger partial charge in [-0.3, -0.25) is 0 Å². The third-order valence-electron chi connectivity index (χ3n) is 4.42. The molecule has 1 N–H and O–H groups in total. The van der Waals surface area contributed by atoms with E-state index in [1.54, 1.807) is 6.07 Å². The predicted octanol–water partition coefficient (Wildman–Crippen LogP) is 4.31. The van der Waals surface area contributed by atoms with Crippen LogP contribution in [0.25, 0.3) is 0 Å². The Morgan fingerprint density at radius 2 is 2.10 bits per heavy atom. The van der Waals surface area contributed by atoms with Gasteiger partial charge in [-0.1, -0.05) is 26.3 Å². The minimum atomic E-state index is -0.501. The first kappa shape index (κ1) is 15.4. The van der Waals surface area contributed by atoms with Gasteiger partial charge in [-0.15, -0.1) is 0 Å². The molecular weight excluding hydrogens is 256 g/mol. The maximum Gasteiger partial charge on any atom is 0.129 e. The monoisotopic (exact) mass is 281 g/mol. The lowest BCUT2D eigenvalue weighted by molar-refractivity contribution is 0.345. The highest BCUT2D eigenvalue weighted by Crippen LogP contribution is 2.34. The van der Waals surface area contributed by atoms with Crippen LogP contribution in [-0.2, 0) is 6.42 Å². The summed E-state index contributed by atoms with van der Waals surface area (Å²) in [5.74, 6) is 0.461. The van der Waals surface area contributed by atoms with Gasteiger partial charge in [-0.05, 0) is 55.7 Å². The third kappa shape index (κ3) is 4.02. The molecule has 3 unspecified atom stereocenters. The molecule has 0 aliphatic heterocycles. The summed E-state index contributed by atoms with van der Waals surface area (Å²) in [6.07, 6.45) is 5.42. The van der Waals surface area contributed by atoms with Crippen LogP contribution in [0.4, 0.5) is 8.78 Å². The molecule has 0 radical (unpaired) electrons. The first-order chi connectivity index (χ1) is 9.60. The zero-order chi connectivity index (χ0) is 14.5. The first-order valence-corrected chi connectivity index (χ1v) is 7.77. The van der Waals surface area contributed by atoms with Crippen molar-refractivity contribution in [2.45, 2.75) is 52.0 Å². The fraction of sp³-hybridized carbons (Fsp3) is 0.647. The Morgan fingerprint density at radius 3 is 2.70 bits per heavy atom. The van der Waals surface area contributed by atoms with Crippen molar-refractivity contribution in [1.29, 1.82) is 0 Å². The molecule has 3 heteroatoms. The van der Waals surface area contributed by atoms with Crippen LogP contribution in [-0.4, -0.2) is 12.6 Å². The van der Waals surface area contributed by atoms with Gasteiger partial charge < -0.3 is 5.32 Å². The predicted molar refractivity (Wildman–Crippen MR) is 78.6 cm³/mol. The van der Waals surface area contributed by atoms with Gasteiger partial charge in [0.25, 0.3) is 0 Å². The maximum atomic E-state index is 13.8. The van der Waals surface area contributed by atoms with Crippen LogP contribution in [0.5, 0.6) is 0 Å². The summed E-state index contributed by atoms with van der Waals surface area (Å²) in [5, 5.41) is 3.56. The van der Waals surface area contributed by atoms with Crippen molar-refractivity contribution >= 4 is 0 Å². The van der Waals surface area contributed by atoms with E-state index in [0.717, 1.165) is 24.9 Å². The van der Waals surface area contributed by atoms with Gasteiger partial charge in [0.15, 0.2) is 0 Å². The topological polar surface area (TPSA) is 12.0 Å². The first-order valence-electron chi connectivity index (χ1n) is 7.77. The largest absolute Gasteiger partial charge is 0.313 e. The van der Waals surface area contributed by atoms with E-state index >= 15 is 0 Å². The highest BCUT2D eigenvalue weighted by Gasteiger charge is 2.29. The molecule has 3 atom stereocenters. The SMILES string of the molecule is CCCNC(Cc1ccc(F)cc1F)C1CCC(C)C1. The number of hydrogen-bond donors (Lipinski definition) is 1. The molecule has 1 aromatic carbocycles. The Balaban J connectivity index is 2.06. The van der Waals surface area contributed by atoms with Crippen molar-refractivity contribution in [2.24, 2.45) is 11.8 Å². The van der Waals surface area contributed by atoms with Crippen LogP contribution in [0, 0.1) is 23.5 Å². The molecular formula is C17H25F2N. The van der Waals surface area contributed by atoms with Gasteiger partial charge in [0.05, 0.1) is 0 Å². The fourth-order valence-electron chi connectivity index (χ4n) is 3.28. The summed E-state index contributed by atoms with van der Waals surface area (Å²) >= 11 is 0. The van der Waals surface area contributed by atoms with Crippen LogP contribution >= 0.6 is 0 Å². The minimum Gasteiger partial charge on any atom is -0.313 e. The minimum absolute atomic E-state index is 0.305. The summed E-state index contributed by atoms with van der Waals surface area (Å²) in [7, 11) is 0. The van der Waals surface area contributed by atoms with Gasteiger partial charge in [-0.25, -0.2) is 8.78 Å². The second-order valence-electron chi connectivity index (χ2n) is 6.18. The Kier molecular flexibility index (Phi) is 5.53. The average Bonchev–Trinajstić information content (AvgIpc) is 2.83. The molecule has 1 aliphatic rings. The van der Waals surface area contributed by atoms with Crippen LogP contribution < -0.4 is 5.32 Å².